The second-order valence-corrected chi connectivity index (χ2v) is 4.48. The van der Waals surface area contributed by atoms with Gasteiger partial charge in [-0.1, -0.05) is 6.07 Å². The number of hydrogen-bond acceptors (Lipinski definition) is 3. The molecular formula is C15H16N4O. The van der Waals surface area contributed by atoms with Gasteiger partial charge < -0.3 is 5.32 Å². The standard InChI is InChI=1S/C15H16N4O/c1-3-19-8-7-14(18-19)11(2)17-15(20)13-6-4-5-12(9-13)10-16/h4-9,11H,3H2,1-2H3,(H,17,20). The first-order valence-electron chi connectivity index (χ1n) is 6.48. The zero-order chi connectivity index (χ0) is 14.5. The molecule has 102 valence electrons. The normalized spacial score (nSPS) is 11.7. The Morgan fingerprint density at radius 1 is 1.50 bits per heavy atom. The summed E-state index contributed by atoms with van der Waals surface area (Å²) in [5.41, 5.74) is 1.77. The highest BCUT2D eigenvalue weighted by Gasteiger charge is 2.13. The maximum absolute atomic E-state index is 12.1. The number of rotatable bonds is 4. The second kappa shape index (κ2) is 6.02. The molecule has 2 rings (SSSR count). The Morgan fingerprint density at radius 2 is 2.30 bits per heavy atom. The number of amides is 1. The SMILES string of the molecule is CCn1ccc(C(C)NC(=O)c2cccc(C#N)c2)n1. The minimum atomic E-state index is -0.208. The number of carbonyl (C=O) groups excluding carboxylic acids is 1. The molecule has 0 aliphatic heterocycles. The van der Waals surface area contributed by atoms with E-state index < -0.39 is 0 Å². The van der Waals surface area contributed by atoms with E-state index in [1.54, 1.807) is 24.3 Å². The molecule has 1 N–H and O–H groups in total. The predicted octanol–water partition coefficient (Wildman–Crippen LogP) is 2.27. The van der Waals surface area contributed by atoms with Crippen molar-refractivity contribution in [3.8, 4) is 6.07 Å². The first-order valence-corrected chi connectivity index (χ1v) is 6.48. The maximum atomic E-state index is 12.1. The van der Waals surface area contributed by atoms with Gasteiger partial charge >= 0.3 is 0 Å². The Hall–Kier alpha value is -2.61. The van der Waals surface area contributed by atoms with Crippen molar-refractivity contribution in [2.75, 3.05) is 0 Å². The van der Waals surface area contributed by atoms with Gasteiger partial charge in [-0.3, -0.25) is 9.48 Å². The van der Waals surface area contributed by atoms with Crippen LogP contribution in [0, 0.1) is 11.3 Å². The van der Waals surface area contributed by atoms with Crippen molar-refractivity contribution in [2.24, 2.45) is 0 Å². The van der Waals surface area contributed by atoms with Gasteiger partial charge in [0.25, 0.3) is 5.91 Å². The van der Waals surface area contributed by atoms with E-state index in [1.165, 1.54) is 0 Å². The zero-order valence-electron chi connectivity index (χ0n) is 11.5. The first kappa shape index (κ1) is 13.8. The van der Waals surface area contributed by atoms with E-state index in [0.29, 0.717) is 11.1 Å². The van der Waals surface area contributed by atoms with Gasteiger partial charge in [-0.2, -0.15) is 10.4 Å². The van der Waals surface area contributed by atoms with Crippen molar-refractivity contribution in [2.45, 2.75) is 26.4 Å². The van der Waals surface area contributed by atoms with Crippen molar-refractivity contribution in [3.63, 3.8) is 0 Å². The molecule has 1 atom stereocenters. The number of hydrogen-bond donors (Lipinski definition) is 1. The minimum Gasteiger partial charge on any atom is -0.344 e. The second-order valence-electron chi connectivity index (χ2n) is 4.48. The van der Waals surface area contributed by atoms with Crippen LogP contribution >= 0.6 is 0 Å². The molecule has 5 heteroatoms. The summed E-state index contributed by atoms with van der Waals surface area (Å²) in [6.07, 6.45) is 1.88. The third-order valence-electron chi connectivity index (χ3n) is 3.03. The van der Waals surface area contributed by atoms with Crippen LogP contribution in [0.2, 0.25) is 0 Å². The first-order chi connectivity index (χ1) is 9.63. The van der Waals surface area contributed by atoms with Crippen LogP contribution in [-0.4, -0.2) is 15.7 Å². The largest absolute Gasteiger partial charge is 0.344 e. The zero-order valence-corrected chi connectivity index (χ0v) is 11.5. The van der Waals surface area contributed by atoms with E-state index in [1.807, 2.05) is 36.9 Å². The molecule has 0 saturated carbocycles. The lowest BCUT2D eigenvalue weighted by atomic mass is 10.1. The molecule has 1 unspecified atom stereocenters. The minimum absolute atomic E-state index is 0.180. The van der Waals surface area contributed by atoms with Crippen molar-refractivity contribution in [1.29, 1.82) is 5.26 Å². The van der Waals surface area contributed by atoms with Crippen molar-refractivity contribution in [3.05, 3.63) is 53.3 Å². The third kappa shape index (κ3) is 3.04. The summed E-state index contributed by atoms with van der Waals surface area (Å²) >= 11 is 0. The highest BCUT2D eigenvalue weighted by molar-refractivity contribution is 5.94. The Bertz CT molecular complexity index is 654. The van der Waals surface area contributed by atoms with Gasteiger partial charge in [0.2, 0.25) is 0 Å². The van der Waals surface area contributed by atoms with Gasteiger partial charge in [-0.05, 0) is 38.1 Å². The summed E-state index contributed by atoms with van der Waals surface area (Å²) in [4.78, 5) is 12.1. The van der Waals surface area contributed by atoms with E-state index >= 15 is 0 Å². The Morgan fingerprint density at radius 3 is 2.95 bits per heavy atom. The molecule has 1 heterocycles. The molecule has 1 aromatic heterocycles. The lowest BCUT2D eigenvalue weighted by Gasteiger charge is -2.11. The monoisotopic (exact) mass is 268 g/mol. The van der Waals surface area contributed by atoms with Crippen molar-refractivity contribution in [1.82, 2.24) is 15.1 Å². The molecule has 0 bridgehead atoms. The molecule has 2 aromatic rings. The number of carbonyl (C=O) groups is 1. The van der Waals surface area contributed by atoms with Gasteiger partial charge in [-0.15, -0.1) is 0 Å². The topological polar surface area (TPSA) is 70.7 Å². The molecule has 0 spiro atoms. The Kier molecular flexibility index (Phi) is 4.16. The highest BCUT2D eigenvalue weighted by atomic mass is 16.1. The molecule has 0 aliphatic rings. The molecule has 20 heavy (non-hydrogen) atoms. The van der Waals surface area contributed by atoms with Crippen molar-refractivity contribution >= 4 is 5.91 Å². The fourth-order valence-corrected chi connectivity index (χ4v) is 1.87. The lowest BCUT2D eigenvalue weighted by molar-refractivity contribution is 0.0939. The smallest absolute Gasteiger partial charge is 0.251 e. The number of benzene rings is 1. The molecular weight excluding hydrogens is 252 g/mol. The number of nitrogens with zero attached hydrogens (tertiary/aromatic N) is 3. The van der Waals surface area contributed by atoms with E-state index in [9.17, 15) is 4.79 Å². The van der Waals surface area contributed by atoms with Crippen molar-refractivity contribution < 1.29 is 4.79 Å². The van der Waals surface area contributed by atoms with E-state index in [0.717, 1.165) is 12.2 Å². The quantitative estimate of drug-likeness (QED) is 0.924. The lowest BCUT2D eigenvalue weighted by Crippen LogP contribution is -2.27. The fraction of sp³-hybridized carbons (Fsp3) is 0.267. The molecule has 0 aliphatic carbocycles. The van der Waals surface area contributed by atoms with Gasteiger partial charge in [0, 0.05) is 18.3 Å². The van der Waals surface area contributed by atoms with Crippen LogP contribution in [0.1, 0.15) is 41.5 Å². The number of aromatic nitrogens is 2. The van der Waals surface area contributed by atoms with Crippen LogP contribution in [0.5, 0.6) is 0 Å². The van der Waals surface area contributed by atoms with Crippen LogP contribution in [-0.2, 0) is 6.54 Å². The summed E-state index contributed by atoms with van der Waals surface area (Å²) < 4.78 is 1.81. The summed E-state index contributed by atoms with van der Waals surface area (Å²) in [6, 6.07) is 10.4. The summed E-state index contributed by atoms with van der Waals surface area (Å²) in [5.74, 6) is -0.208. The molecule has 5 nitrogen and oxygen atoms in total. The van der Waals surface area contributed by atoms with Crippen LogP contribution < -0.4 is 5.32 Å². The van der Waals surface area contributed by atoms with Crippen LogP contribution in [0.15, 0.2) is 36.5 Å². The summed E-state index contributed by atoms with van der Waals surface area (Å²) in [6.45, 7) is 4.69. The van der Waals surface area contributed by atoms with Gasteiger partial charge in [0.1, 0.15) is 0 Å². The summed E-state index contributed by atoms with van der Waals surface area (Å²) in [7, 11) is 0. The van der Waals surface area contributed by atoms with Crippen LogP contribution in [0.3, 0.4) is 0 Å². The number of nitrogens with one attached hydrogen (secondary N) is 1. The predicted molar refractivity (Wildman–Crippen MR) is 74.9 cm³/mol. The highest BCUT2D eigenvalue weighted by Crippen LogP contribution is 2.11. The third-order valence-corrected chi connectivity index (χ3v) is 3.03. The van der Waals surface area contributed by atoms with Crippen LogP contribution in [0.4, 0.5) is 0 Å². The van der Waals surface area contributed by atoms with Gasteiger partial charge in [0.05, 0.1) is 23.4 Å². The number of aryl methyl sites for hydroxylation is 1. The van der Waals surface area contributed by atoms with E-state index in [-0.39, 0.29) is 11.9 Å². The molecule has 1 amide bonds. The maximum Gasteiger partial charge on any atom is 0.251 e. The Labute approximate surface area is 117 Å². The number of nitriles is 1. The van der Waals surface area contributed by atoms with E-state index in [2.05, 4.69) is 10.4 Å². The molecule has 0 fully saturated rings. The molecule has 1 aromatic carbocycles. The average molecular weight is 268 g/mol. The molecule has 0 saturated heterocycles. The molecule has 0 radical (unpaired) electrons. The summed E-state index contributed by atoms with van der Waals surface area (Å²) in [5, 5.41) is 16.1. The van der Waals surface area contributed by atoms with E-state index in [4.69, 9.17) is 5.26 Å². The Balaban J connectivity index is 2.08. The fourth-order valence-electron chi connectivity index (χ4n) is 1.87. The average Bonchev–Trinajstić information content (AvgIpc) is 2.96. The van der Waals surface area contributed by atoms with Crippen LogP contribution in [0.25, 0.3) is 0 Å². The van der Waals surface area contributed by atoms with Gasteiger partial charge in [0.15, 0.2) is 0 Å². The van der Waals surface area contributed by atoms with Gasteiger partial charge in [-0.25, -0.2) is 0 Å².